The Morgan fingerprint density at radius 2 is 2.17 bits per heavy atom. The average molecular weight is 348 g/mol. The molecule has 0 radical (unpaired) electrons. The lowest BCUT2D eigenvalue weighted by molar-refractivity contribution is -0.120. The monoisotopic (exact) mass is 348 g/mol. The second-order valence-electron chi connectivity index (χ2n) is 5.74. The van der Waals surface area contributed by atoms with Crippen molar-refractivity contribution in [3.05, 3.63) is 40.3 Å². The Morgan fingerprint density at radius 3 is 2.79 bits per heavy atom. The number of carbonyl (C=O) groups is 1. The number of amides is 1. The summed E-state index contributed by atoms with van der Waals surface area (Å²) >= 11 is 1.30. The van der Waals surface area contributed by atoms with Crippen LogP contribution in [0.4, 0.5) is 0 Å². The molecule has 0 aliphatic heterocycles. The molecule has 0 spiro atoms. The van der Waals surface area contributed by atoms with Crippen molar-refractivity contribution in [3.63, 3.8) is 0 Å². The van der Waals surface area contributed by atoms with Crippen molar-refractivity contribution >= 4 is 17.7 Å². The average Bonchev–Trinajstić information content (AvgIpc) is 3.37. The Bertz CT molecular complexity index is 764. The maximum atomic E-state index is 12.3. The van der Waals surface area contributed by atoms with Crippen LogP contribution in [0.1, 0.15) is 31.4 Å². The van der Waals surface area contributed by atoms with Crippen LogP contribution in [0.5, 0.6) is 5.75 Å². The van der Waals surface area contributed by atoms with E-state index >= 15 is 0 Å². The Labute approximate surface area is 143 Å². The number of benzene rings is 1. The summed E-state index contributed by atoms with van der Waals surface area (Å²) in [6.07, 6.45) is 1.98. The zero-order valence-corrected chi connectivity index (χ0v) is 14.4. The molecule has 1 atom stereocenters. The van der Waals surface area contributed by atoms with Crippen LogP contribution in [0.3, 0.4) is 0 Å². The summed E-state index contributed by atoms with van der Waals surface area (Å²) in [5.74, 6) is 0.694. The second kappa shape index (κ2) is 7.12. The maximum absolute atomic E-state index is 12.3. The predicted octanol–water partition coefficient (Wildman–Crippen LogP) is 1.71. The molecular weight excluding hydrogens is 328 g/mol. The number of nitrogens with one attached hydrogen (secondary N) is 2. The van der Waals surface area contributed by atoms with Crippen molar-refractivity contribution in [1.29, 1.82) is 0 Å². The van der Waals surface area contributed by atoms with Gasteiger partial charge in [-0.05, 0) is 37.5 Å². The van der Waals surface area contributed by atoms with Gasteiger partial charge in [-0.3, -0.25) is 9.36 Å². The van der Waals surface area contributed by atoms with Crippen molar-refractivity contribution in [2.24, 2.45) is 0 Å². The molecule has 1 aliphatic carbocycles. The molecule has 128 valence electrons. The number of H-pyrrole nitrogens is 1. The molecule has 3 rings (SSSR count). The molecule has 1 aromatic heterocycles. The number of rotatable bonds is 7. The molecular formula is C16H20N4O3S. The first kappa shape index (κ1) is 16.6. The number of carbonyl (C=O) groups excluding carboxylic acids is 1. The topological polar surface area (TPSA) is 89.0 Å². The molecule has 1 amide bonds. The minimum atomic E-state index is -0.337. The van der Waals surface area contributed by atoms with Gasteiger partial charge in [-0.2, -0.15) is 0 Å². The summed E-state index contributed by atoms with van der Waals surface area (Å²) in [7, 11) is 1.62. The molecule has 1 fully saturated rings. The summed E-state index contributed by atoms with van der Waals surface area (Å²) in [4.78, 5) is 24.0. The van der Waals surface area contributed by atoms with E-state index in [2.05, 4.69) is 15.5 Å². The van der Waals surface area contributed by atoms with Gasteiger partial charge in [0.2, 0.25) is 5.91 Å². The first-order valence-corrected chi connectivity index (χ1v) is 8.70. The Hall–Kier alpha value is -2.22. The van der Waals surface area contributed by atoms with Crippen molar-refractivity contribution in [3.8, 4) is 5.75 Å². The fraction of sp³-hybridized carbons (Fsp3) is 0.438. The summed E-state index contributed by atoms with van der Waals surface area (Å²) < 4.78 is 6.76. The zero-order valence-electron chi connectivity index (χ0n) is 13.6. The van der Waals surface area contributed by atoms with E-state index in [-0.39, 0.29) is 22.9 Å². The molecule has 0 saturated heterocycles. The fourth-order valence-corrected chi connectivity index (χ4v) is 3.27. The first-order chi connectivity index (χ1) is 11.6. The van der Waals surface area contributed by atoms with Crippen LogP contribution in [-0.4, -0.2) is 33.0 Å². The standard InChI is InChI=1S/C16H20N4O3S/c1-10(24-16-19-18-15(22)20(16)12-5-6-12)14(21)17-9-11-3-7-13(23-2)8-4-11/h3-4,7-8,10,12H,5-6,9H2,1-2H3,(H,17,21)(H,18,22)/t10-/m1/s1. The van der Waals surface area contributed by atoms with Crippen LogP contribution in [0.25, 0.3) is 0 Å². The zero-order chi connectivity index (χ0) is 17.1. The highest BCUT2D eigenvalue weighted by molar-refractivity contribution is 8.00. The van der Waals surface area contributed by atoms with Gasteiger partial charge in [0, 0.05) is 12.6 Å². The third-order valence-corrected chi connectivity index (χ3v) is 4.93. The molecule has 0 unspecified atom stereocenters. The minimum absolute atomic E-state index is 0.0892. The van der Waals surface area contributed by atoms with Crippen molar-refractivity contribution in [1.82, 2.24) is 20.1 Å². The van der Waals surface area contributed by atoms with Crippen LogP contribution in [0, 0.1) is 0 Å². The molecule has 2 N–H and O–H groups in total. The van der Waals surface area contributed by atoms with E-state index in [1.165, 1.54) is 11.8 Å². The lowest BCUT2D eigenvalue weighted by atomic mass is 10.2. The van der Waals surface area contributed by atoms with Crippen molar-refractivity contribution in [2.75, 3.05) is 7.11 Å². The maximum Gasteiger partial charge on any atom is 0.344 e. The number of ether oxygens (including phenoxy) is 1. The van der Waals surface area contributed by atoms with Crippen LogP contribution in [-0.2, 0) is 11.3 Å². The van der Waals surface area contributed by atoms with Crippen LogP contribution in [0.15, 0.2) is 34.2 Å². The van der Waals surface area contributed by atoms with Gasteiger partial charge in [-0.1, -0.05) is 23.9 Å². The molecule has 1 aliphatic rings. The van der Waals surface area contributed by atoms with E-state index in [1.807, 2.05) is 31.2 Å². The van der Waals surface area contributed by atoms with Gasteiger partial charge in [0.05, 0.1) is 12.4 Å². The molecule has 8 heteroatoms. The van der Waals surface area contributed by atoms with Gasteiger partial charge in [0.25, 0.3) is 0 Å². The predicted molar refractivity (Wildman–Crippen MR) is 91.3 cm³/mol. The number of aromatic amines is 1. The third kappa shape index (κ3) is 3.81. The quantitative estimate of drug-likeness (QED) is 0.744. The molecule has 2 aromatic rings. The first-order valence-electron chi connectivity index (χ1n) is 7.82. The second-order valence-corrected chi connectivity index (χ2v) is 7.05. The van der Waals surface area contributed by atoms with E-state index in [4.69, 9.17) is 4.74 Å². The normalized spacial score (nSPS) is 15.1. The van der Waals surface area contributed by atoms with Crippen LogP contribution < -0.4 is 15.7 Å². The van der Waals surface area contributed by atoms with Gasteiger partial charge in [-0.15, -0.1) is 5.10 Å². The van der Waals surface area contributed by atoms with Crippen molar-refractivity contribution < 1.29 is 9.53 Å². The molecule has 1 aromatic carbocycles. The SMILES string of the molecule is COc1ccc(CNC(=O)[C@@H](C)Sc2n[nH]c(=O)n2C2CC2)cc1. The highest BCUT2D eigenvalue weighted by Crippen LogP contribution is 2.36. The molecule has 0 bridgehead atoms. The van der Waals surface area contributed by atoms with Gasteiger partial charge in [0.1, 0.15) is 5.75 Å². The van der Waals surface area contributed by atoms with Crippen LogP contribution >= 0.6 is 11.8 Å². The summed E-state index contributed by atoms with van der Waals surface area (Å²) in [5.41, 5.74) is 0.793. The van der Waals surface area contributed by atoms with Gasteiger partial charge in [-0.25, -0.2) is 9.89 Å². The van der Waals surface area contributed by atoms with Gasteiger partial charge >= 0.3 is 5.69 Å². The Morgan fingerprint density at radius 1 is 1.46 bits per heavy atom. The number of hydrogen-bond acceptors (Lipinski definition) is 5. The molecule has 24 heavy (non-hydrogen) atoms. The fourth-order valence-electron chi connectivity index (χ4n) is 2.32. The molecule has 1 heterocycles. The lowest BCUT2D eigenvalue weighted by Crippen LogP contribution is -2.30. The summed E-state index contributed by atoms with van der Waals surface area (Å²) in [6, 6.07) is 7.77. The van der Waals surface area contributed by atoms with E-state index in [1.54, 1.807) is 11.7 Å². The number of aromatic nitrogens is 3. The van der Waals surface area contributed by atoms with Crippen LogP contribution in [0.2, 0.25) is 0 Å². The number of nitrogens with zero attached hydrogens (tertiary/aromatic N) is 2. The largest absolute Gasteiger partial charge is 0.497 e. The van der Waals surface area contributed by atoms with E-state index < -0.39 is 0 Å². The highest BCUT2D eigenvalue weighted by atomic mass is 32.2. The van der Waals surface area contributed by atoms with E-state index in [0.717, 1.165) is 24.2 Å². The summed E-state index contributed by atoms with van der Waals surface area (Å²) in [5, 5.41) is 9.64. The minimum Gasteiger partial charge on any atom is -0.497 e. The third-order valence-electron chi connectivity index (χ3n) is 3.86. The smallest absolute Gasteiger partial charge is 0.344 e. The van der Waals surface area contributed by atoms with Crippen molar-refractivity contribution in [2.45, 2.75) is 42.8 Å². The number of methoxy groups -OCH3 is 1. The summed E-state index contributed by atoms with van der Waals surface area (Å²) in [6.45, 7) is 2.26. The molecule has 1 saturated carbocycles. The van der Waals surface area contributed by atoms with E-state index in [9.17, 15) is 9.59 Å². The van der Waals surface area contributed by atoms with E-state index in [0.29, 0.717) is 11.7 Å². The Balaban J connectivity index is 1.55. The Kier molecular flexibility index (Phi) is 4.94. The van der Waals surface area contributed by atoms with Gasteiger partial charge < -0.3 is 10.1 Å². The molecule has 7 nitrogen and oxygen atoms in total. The number of thioether (sulfide) groups is 1. The van der Waals surface area contributed by atoms with Gasteiger partial charge in [0.15, 0.2) is 5.16 Å². The number of hydrogen-bond donors (Lipinski definition) is 2. The highest BCUT2D eigenvalue weighted by Gasteiger charge is 2.30. The lowest BCUT2D eigenvalue weighted by Gasteiger charge is -2.12.